The summed E-state index contributed by atoms with van der Waals surface area (Å²) in [4.78, 5) is 10.6. The number of carbonyl (C=O) groups is 1. The molecular formula is C10H8Cl2O2. The molecule has 0 atom stereocenters. The van der Waals surface area contributed by atoms with E-state index in [4.69, 9.17) is 28.3 Å². The number of carboxylic acids is 1. The van der Waals surface area contributed by atoms with Gasteiger partial charge in [-0.3, -0.25) is 0 Å². The molecule has 0 aliphatic carbocycles. The van der Waals surface area contributed by atoms with E-state index in [2.05, 4.69) is 0 Å². The van der Waals surface area contributed by atoms with E-state index in [1.54, 1.807) is 31.2 Å². The molecule has 0 unspecified atom stereocenters. The van der Waals surface area contributed by atoms with Gasteiger partial charge in [-0.1, -0.05) is 35.3 Å². The summed E-state index contributed by atoms with van der Waals surface area (Å²) >= 11 is 11.3. The van der Waals surface area contributed by atoms with Gasteiger partial charge in [0.1, 0.15) is 5.03 Å². The van der Waals surface area contributed by atoms with Crippen LogP contribution in [0.1, 0.15) is 12.5 Å². The first-order chi connectivity index (χ1) is 6.52. The molecule has 0 amide bonds. The fourth-order valence-corrected chi connectivity index (χ4v) is 1.22. The first-order valence-corrected chi connectivity index (χ1v) is 4.63. The minimum absolute atomic E-state index is 0.174. The van der Waals surface area contributed by atoms with Gasteiger partial charge in [0.05, 0.1) is 0 Å². The van der Waals surface area contributed by atoms with Crippen molar-refractivity contribution >= 4 is 34.7 Å². The van der Waals surface area contributed by atoms with Crippen LogP contribution in [0.4, 0.5) is 0 Å². The third-order valence-electron chi connectivity index (χ3n) is 1.79. The van der Waals surface area contributed by atoms with Crippen molar-refractivity contribution in [3.05, 3.63) is 39.9 Å². The van der Waals surface area contributed by atoms with Gasteiger partial charge in [0, 0.05) is 5.02 Å². The quantitative estimate of drug-likeness (QED) is 0.792. The summed E-state index contributed by atoms with van der Waals surface area (Å²) in [5.41, 5.74) is 1.28. The molecule has 0 aliphatic rings. The lowest BCUT2D eigenvalue weighted by atomic mass is 10.1. The van der Waals surface area contributed by atoms with E-state index in [0.29, 0.717) is 10.6 Å². The van der Waals surface area contributed by atoms with E-state index in [9.17, 15) is 4.79 Å². The van der Waals surface area contributed by atoms with Crippen LogP contribution in [-0.2, 0) is 4.79 Å². The van der Waals surface area contributed by atoms with Crippen molar-refractivity contribution in [2.45, 2.75) is 6.92 Å². The monoisotopic (exact) mass is 230 g/mol. The highest BCUT2D eigenvalue weighted by molar-refractivity contribution is 6.44. The summed E-state index contributed by atoms with van der Waals surface area (Å²) in [6, 6.07) is 6.82. The Morgan fingerprint density at radius 3 is 2.21 bits per heavy atom. The van der Waals surface area contributed by atoms with Gasteiger partial charge < -0.3 is 5.11 Å². The van der Waals surface area contributed by atoms with Gasteiger partial charge in [0.15, 0.2) is 0 Å². The molecule has 0 radical (unpaired) electrons. The van der Waals surface area contributed by atoms with Gasteiger partial charge in [-0.25, -0.2) is 4.79 Å². The lowest BCUT2D eigenvalue weighted by Crippen LogP contribution is -1.96. The standard InChI is InChI=1S/C10H8Cl2O2/c1-6(9(12)10(13)14)7-2-4-8(11)5-3-7/h2-5H,1H3,(H,13,14). The SMILES string of the molecule is CC(=C(Cl)C(=O)O)c1ccc(Cl)cc1. The van der Waals surface area contributed by atoms with Crippen molar-refractivity contribution in [2.24, 2.45) is 0 Å². The molecule has 0 bridgehead atoms. The summed E-state index contributed by atoms with van der Waals surface area (Å²) in [5, 5.41) is 9.08. The molecule has 0 spiro atoms. The van der Waals surface area contributed by atoms with Crippen molar-refractivity contribution in [3.8, 4) is 0 Å². The van der Waals surface area contributed by atoms with E-state index >= 15 is 0 Å². The highest BCUT2D eigenvalue weighted by Crippen LogP contribution is 2.22. The molecule has 14 heavy (non-hydrogen) atoms. The average molecular weight is 231 g/mol. The topological polar surface area (TPSA) is 37.3 Å². The Balaban J connectivity index is 3.12. The van der Waals surface area contributed by atoms with Gasteiger partial charge in [-0.2, -0.15) is 0 Å². The Kier molecular flexibility index (Phi) is 3.55. The molecule has 1 aromatic carbocycles. The number of halogens is 2. The predicted molar refractivity (Wildman–Crippen MR) is 57.5 cm³/mol. The fraction of sp³-hybridized carbons (Fsp3) is 0.100. The highest BCUT2D eigenvalue weighted by atomic mass is 35.5. The molecule has 1 N–H and O–H groups in total. The van der Waals surface area contributed by atoms with E-state index < -0.39 is 5.97 Å². The second-order valence-electron chi connectivity index (χ2n) is 2.75. The third kappa shape index (κ3) is 2.50. The van der Waals surface area contributed by atoms with Gasteiger partial charge in [0.25, 0.3) is 0 Å². The van der Waals surface area contributed by atoms with Crippen LogP contribution in [0.15, 0.2) is 29.3 Å². The Labute approximate surface area is 91.8 Å². The average Bonchev–Trinajstić information content (AvgIpc) is 2.16. The predicted octanol–water partition coefficient (Wildman–Crippen LogP) is 3.39. The third-order valence-corrected chi connectivity index (χ3v) is 2.49. The number of hydrogen-bond acceptors (Lipinski definition) is 1. The van der Waals surface area contributed by atoms with Gasteiger partial charge in [-0.15, -0.1) is 0 Å². The van der Waals surface area contributed by atoms with Gasteiger partial charge in [0.2, 0.25) is 0 Å². The number of allylic oxidation sites excluding steroid dienone is 1. The smallest absolute Gasteiger partial charge is 0.347 e. The van der Waals surface area contributed by atoms with Gasteiger partial charge >= 0.3 is 5.97 Å². The van der Waals surface area contributed by atoms with E-state index in [0.717, 1.165) is 5.56 Å². The molecule has 74 valence electrons. The lowest BCUT2D eigenvalue weighted by molar-refractivity contribution is -0.131. The maximum absolute atomic E-state index is 10.6. The van der Waals surface area contributed by atoms with Gasteiger partial charge in [-0.05, 0) is 30.2 Å². The van der Waals surface area contributed by atoms with E-state index in [-0.39, 0.29) is 5.03 Å². The van der Waals surface area contributed by atoms with Crippen LogP contribution in [0.25, 0.3) is 5.57 Å². The molecule has 0 saturated carbocycles. The van der Waals surface area contributed by atoms with Crippen LogP contribution in [0.3, 0.4) is 0 Å². The number of aliphatic carboxylic acids is 1. The van der Waals surface area contributed by atoms with Crippen molar-refractivity contribution in [2.75, 3.05) is 0 Å². The minimum Gasteiger partial charge on any atom is -0.477 e. The Morgan fingerprint density at radius 1 is 1.29 bits per heavy atom. The summed E-state index contributed by atoms with van der Waals surface area (Å²) in [5.74, 6) is -1.13. The highest BCUT2D eigenvalue weighted by Gasteiger charge is 2.09. The van der Waals surface area contributed by atoms with Crippen LogP contribution >= 0.6 is 23.2 Å². The summed E-state index contributed by atoms with van der Waals surface area (Å²) in [7, 11) is 0. The van der Waals surface area contributed by atoms with Crippen molar-refractivity contribution in [3.63, 3.8) is 0 Å². The summed E-state index contributed by atoms with van der Waals surface area (Å²) in [6.45, 7) is 1.65. The first kappa shape index (κ1) is 11.1. The summed E-state index contributed by atoms with van der Waals surface area (Å²) < 4.78 is 0. The Bertz CT molecular complexity index is 380. The van der Waals surface area contributed by atoms with Crippen molar-refractivity contribution < 1.29 is 9.90 Å². The van der Waals surface area contributed by atoms with Crippen LogP contribution in [-0.4, -0.2) is 11.1 Å². The normalized spacial score (nSPS) is 12.2. The number of carboxylic acid groups (broad SMARTS) is 1. The zero-order valence-corrected chi connectivity index (χ0v) is 8.93. The Morgan fingerprint density at radius 2 is 1.79 bits per heavy atom. The minimum atomic E-state index is -1.13. The van der Waals surface area contributed by atoms with E-state index in [1.165, 1.54) is 0 Å². The van der Waals surface area contributed by atoms with Crippen LogP contribution in [0.5, 0.6) is 0 Å². The van der Waals surface area contributed by atoms with Crippen LogP contribution < -0.4 is 0 Å². The maximum Gasteiger partial charge on any atom is 0.347 e. The lowest BCUT2D eigenvalue weighted by Gasteiger charge is -2.02. The molecule has 0 heterocycles. The Hall–Kier alpha value is -0.990. The summed E-state index contributed by atoms with van der Waals surface area (Å²) in [6.07, 6.45) is 0. The van der Waals surface area contributed by atoms with Crippen molar-refractivity contribution in [1.29, 1.82) is 0 Å². The largest absolute Gasteiger partial charge is 0.477 e. The number of benzene rings is 1. The fourth-order valence-electron chi connectivity index (χ4n) is 0.987. The molecule has 2 nitrogen and oxygen atoms in total. The first-order valence-electron chi connectivity index (χ1n) is 3.88. The van der Waals surface area contributed by atoms with E-state index in [1.807, 2.05) is 0 Å². The molecule has 4 heteroatoms. The molecule has 1 rings (SSSR count). The zero-order valence-electron chi connectivity index (χ0n) is 7.42. The second kappa shape index (κ2) is 4.49. The molecule has 0 saturated heterocycles. The molecule has 0 aromatic heterocycles. The van der Waals surface area contributed by atoms with Crippen molar-refractivity contribution in [1.82, 2.24) is 0 Å². The number of hydrogen-bond donors (Lipinski definition) is 1. The second-order valence-corrected chi connectivity index (χ2v) is 3.57. The molecular weight excluding hydrogens is 223 g/mol. The maximum atomic E-state index is 10.6. The van der Waals surface area contributed by atoms with Crippen LogP contribution in [0, 0.1) is 0 Å². The molecule has 1 aromatic rings. The molecule has 0 fully saturated rings. The number of rotatable bonds is 2. The molecule has 0 aliphatic heterocycles. The van der Waals surface area contributed by atoms with Crippen LogP contribution in [0.2, 0.25) is 5.02 Å². The zero-order chi connectivity index (χ0) is 10.7.